The molecule has 0 radical (unpaired) electrons. The molecule has 3 rings (SSSR count). The first-order valence-corrected chi connectivity index (χ1v) is 8.63. The maximum atomic E-state index is 12.6. The number of benzene rings is 2. The van der Waals surface area contributed by atoms with E-state index < -0.39 is 0 Å². The average Bonchev–Trinajstić information content (AvgIpc) is 2.89. The zero-order valence-corrected chi connectivity index (χ0v) is 15.3. The summed E-state index contributed by atoms with van der Waals surface area (Å²) in [6.07, 6.45) is 1.89. The van der Waals surface area contributed by atoms with E-state index in [1.54, 1.807) is 19.1 Å². The van der Waals surface area contributed by atoms with Gasteiger partial charge in [-0.1, -0.05) is 24.3 Å². The van der Waals surface area contributed by atoms with E-state index in [-0.39, 0.29) is 5.91 Å². The average molecular weight is 353 g/mol. The number of para-hydroxylation sites is 1. The van der Waals surface area contributed by atoms with Crippen molar-refractivity contribution in [2.24, 2.45) is 0 Å². The number of hydrogen-bond acceptors (Lipinski definition) is 4. The van der Waals surface area contributed by atoms with Crippen molar-refractivity contribution >= 4 is 23.2 Å². The molecule has 1 aliphatic rings. The first kappa shape index (κ1) is 18.0. The van der Waals surface area contributed by atoms with Crippen LogP contribution in [0.5, 0.6) is 11.5 Å². The lowest BCUT2D eigenvalue weighted by atomic mass is 10.0. The van der Waals surface area contributed by atoms with Gasteiger partial charge in [-0.2, -0.15) is 0 Å². The Morgan fingerprint density at radius 3 is 2.62 bits per heavy atom. The third-order valence-corrected chi connectivity index (χ3v) is 4.21. The van der Waals surface area contributed by atoms with E-state index in [1.165, 1.54) is 0 Å². The van der Waals surface area contributed by atoms with Gasteiger partial charge in [-0.25, -0.2) is 0 Å². The fourth-order valence-electron chi connectivity index (χ4n) is 2.94. The van der Waals surface area contributed by atoms with Gasteiger partial charge in [0.15, 0.2) is 11.5 Å². The van der Waals surface area contributed by atoms with Gasteiger partial charge in [-0.05, 0) is 36.8 Å². The molecular formula is C21H23NO4. The van der Waals surface area contributed by atoms with Crippen LogP contribution < -0.4 is 14.4 Å². The fraction of sp³-hybridized carbons (Fsp3) is 0.286. The predicted octanol–water partition coefficient (Wildman–Crippen LogP) is 3.63. The Morgan fingerprint density at radius 1 is 1.04 bits per heavy atom. The van der Waals surface area contributed by atoms with Crippen molar-refractivity contribution in [3.8, 4) is 11.5 Å². The second-order valence-electron chi connectivity index (χ2n) is 5.92. The van der Waals surface area contributed by atoms with Gasteiger partial charge in [0.1, 0.15) is 6.61 Å². The van der Waals surface area contributed by atoms with Crippen molar-refractivity contribution in [3.63, 3.8) is 0 Å². The van der Waals surface area contributed by atoms with Gasteiger partial charge in [0.05, 0.1) is 18.9 Å². The maximum Gasteiger partial charge on any atom is 0.258 e. The molecule has 0 aliphatic carbocycles. The summed E-state index contributed by atoms with van der Waals surface area (Å²) in [6.45, 7) is 3.42. The number of amides is 1. The zero-order valence-electron chi connectivity index (χ0n) is 15.3. The van der Waals surface area contributed by atoms with E-state index in [0.29, 0.717) is 36.9 Å². The third-order valence-electron chi connectivity index (χ3n) is 4.21. The second kappa shape index (κ2) is 8.06. The Hall–Kier alpha value is -2.79. The summed E-state index contributed by atoms with van der Waals surface area (Å²) in [5.41, 5.74) is 3.44. The van der Waals surface area contributed by atoms with Gasteiger partial charge in [0.25, 0.3) is 5.91 Å². The first-order valence-electron chi connectivity index (χ1n) is 8.63. The number of anilines is 1. The molecular weight excluding hydrogens is 330 g/mol. The van der Waals surface area contributed by atoms with Gasteiger partial charge in [0, 0.05) is 25.3 Å². The molecule has 26 heavy (non-hydrogen) atoms. The van der Waals surface area contributed by atoms with Crippen LogP contribution in [0.15, 0.2) is 42.5 Å². The summed E-state index contributed by atoms with van der Waals surface area (Å²) in [7, 11) is 3.43. The SMILES string of the molecule is CCOc1cc(/C=C2/C(=O)N(C)c3ccccc32)ccc1OCCOC. The number of fused-ring (bicyclic) bond motifs is 1. The molecule has 0 N–H and O–H groups in total. The Kier molecular flexibility index (Phi) is 5.58. The molecule has 1 heterocycles. The van der Waals surface area contributed by atoms with Crippen LogP contribution in [-0.2, 0) is 9.53 Å². The molecule has 0 atom stereocenters. The van der Waals surface area contributed by atoms with Crippen LogP contribution in [-0.4, -0.2) is 39.9 Å². The molecule has 0 spiro atoms. The van der Waals surface area contributed by atoms with Gasteiger partial charge in [-0.3, -0.25) is 4.79 Å². The van der Waals surface area contributed by atoms with E-state index in [1.807, 2.05) is 55.5 Å². The van der Waals surface area contributed by atoms with Gasteiger partial charge >= 0.3 is 0 Å². The minimum absolute atomic E-state index is 0.00965. The predicted molar refractivity (Wildman–Crippen MR) is 103 cm³/mol. The van der Waals surface area contributed by atoms with E-state index in [2.05, 4.69) is 0 Å². The molecule has 0 bridgehead atoms. The van der Waals surface area contributed by atoms with Crippen molar-refractivity contribution in [2.75, 3.05) is 38.9 Å². The number of methoxy groups -OCH3 is 1. The summed E-state index contributed by atoms with van der Waals surface area (Å²) in [6, 6.07) is 13.5. The van der Waals surface area contributed by atoms with E-state index in [4.69, 9.17) is 14.2 Å². The maximum absolute atomic E-state index is 12.6. The van der Waals surface area contributed by atoms with Crippen molar-refractivity contribution in [1.29, 1.82) is 0 Å². The Morgan fingerprint density at radius 2 is 1.85 bits per heavy atom. The number of rotatable bonds is 7. The molecule has 1 aliphatic heterocycles. The van der Waals surface area contributed by atoms with Crippen molar-refractivity contribution in [1.82, 2.24) is 0 Å². The highest BCUT2D eigenvalue weighted by molar-refractivity contribution is 6.35. The standard InChI is InChI=1S/C21H23NO4/c1-4-25-20-14-15(9-10-19(20)26-12-11-24-3)13-17-16-7-5-6-8-18(16)22(2)21(17)23/h5-10,13-14H,4,11-12H2,1-3H3/b17-13+. The highest BCUT2D eigenvalue weighted by Gasteiger charge is 2.29. The fourth-order valence-corrected chi connectivity index (χ4v) is 2.94. The van der Waals surface area contributed by atoms with Crippen molar-refractivity contribution < 1.29 is 19.0 Å². The summed E-state index contributed by atoms with van der Waals surface area (Å²) >= 11 is 0. The lowest BCUT2D eigenvalue weighted by molar-refractivity contribution is -0.112. The minimum Gasteiger partial charge on any atom is -0.490 e. The van der Waals surface area contributed by atoms with Crippen LogP contribution in [0.4, 0.5) is 5.69 Å². The van der Waals surface area contributed by atoms with Crippen LogP contribution in [0.3, 0.4) is 0 Å². The second-order valence-corrected chi connectivity index (χ2v) is 5.92. The Labute approximate surface area is 153 Å². The van der Waals surface area contributed by atoms with E-state index >= 15 is 0 Å². The third kappa shape index (κ3) is 3.58. The largest absolute Gasteiger partial charge is 0.490 e. The lowest BCUT2D eigenvalue weighted by Crippen LogP contribution is -2.20. The topological polar surface area (TPSA) is 48.0 Å². The van der Waals surface area contributed by atoms with Crippen LogP contribution >= 0.6 is 0 Å². The van der Waals surface area contributed by atoms with Crippen LogP contribution in [0.25, 0.3) is 11.6 Å². The van der Waals surface area contributed by atoms with Crippen molar-refractivity contribution in [3.05, 3.63) is 53.6 Å². The van der Waals surface area contributed by atoms with E-state index in [9.17, 15) is 4.79 Å². The molecule has 1 amide bonds. The van der Waals surface area contributed by atoms with E-state index in [0.717, 1.165) is 16.8 Å². The Bertz CT molecular complexity index is 829. The molecule has 0 aromatic heterocycles. The highest BCUT2D eigenvalue weighted by atomic mass is 16.5. The molecule has 5 heteroatoms. The molecule has 0 saturated heterocycles. The number of carbonyl (C=O) groups is 1. The zero-order chi connectivity index (χ0) is 18.5. The summed E-state index contributed by atoms with van der Waals surface area (Å²) in [5.74, 6) is 1.32. The molecule has 0 fully saturated rings. The van der Waals surface area contributed by atoms with Gasteiger partial charge < -0.3 is 19.1 Å². The lowest BCUT2D eigenvalue weighted by Gasteiger charge is -2.12. The minimum atomic E-state index is -0.00965. The normalized spacial score (nSPS) is 14.7. The molecule has 136 valence electrons. The smallest absolute Gasteiger partial charge is 0.258 e. The molecule has 2 aromatic carbocycles. The number of ether oxygens (including phenoxy) is 3. The van der Waals surface area contributed by atoms with Crippen LogP contribution in [0, 0.1) is 0 Å². The monoisotopic (exact) mass is 353 g/mol. The highest BCUT2D eigenvalue weighted by Crippen LogP contribution is 2.37. The molecule has 0 saturated carbocycles. The van der Waals surface area contributed by atoms with Crippen molar-refractivity contribution in [2.45, 2.75) is 6.92 Å². The van der Waals surface area contributed by atoms with Crippen LogP contribution in [0.1, 0.15) is 18.1 Å². The summed E-state index contributed by atoms with van der Waals surface area (Å²) in [4.78, 5) is 14.3. The summed E-state index contributed by atoms with van der Waals surface area (Å²) in [5, 5.41) is 0. The summed E-state index contributed by atoms with van der Waals surface area (Å²) < 4.78 is 16.4. The number of likely N-dealkylation sites (N-methyl/N-ethyl adjacent to an activating group) is 1. The molecule has 0 unspecified atom stereocenters. The molecule has 5 nitrogen and oxygen atoms in total. The number of hydrogen-bond donors (Lipinski definition) is 0. The van der Waals surface area contributed by atoms with Gasteiger partial charge in [0.2, 0.25) is 0 Å². The molecule has 2 aromatic rings. The van der Waals surface area contributed by atoms with Gasteiger partial charge in [-0.15, -0.1) is 0 Å². The first-order chi connectivity index (χ1) is 12.7. The Balaban J connectivity index is 1.93. The quantitative estimate of drug-likeness (QED) is 0.563. The van der Waals surface area contributed by atoms with Crippen LogP contribution in [0.2, 0.25) is 0 Å². The number of carbonyl (C=O) groups excluding carboxylic acids is 1. The number of nitrogens with zero attached hydrogens (tertiary/aromatic N) is 1.